The lowest BCUT2D eigenvalue weighted by molar-refractivity contribution is -0.149. The number of aryl methyl sites for hydroxylation is 2. The van der Waals surface area contributed by atoms with Crippen LogP contribution in [-0.2, 0) is 14.3 Å². The van der Waals surface area contributed by atoms with Crippen molar-refractivity contribution >= 4 is 11.8 Å². The summed E-state index contributed by atoms with van der Waals surface area (Å²) in [5.41, 5.74) is 2.90. The summed E-state index contributed by atoms with van der Waals surface area (Å²) in [5.74, 6) is 0.0866. The van der Waals surface area contributed by atoms with Crippen molar-refractivity contribution in [2.75, 3.05) is 7.11 Å². The van der Waals surface area contributed by atoms with E-state index in [2.05, 4.69) is 0 Å². The average Bonchev–Trinajstić information content (AvgIpc) is 2.66. The lowest BCUT2D eigenvalue weighted by Gasteiger charge is -2.40. The van der Waals surface area contributed by atoms with Gasteiger partial charge in [-0.25, -0.2) is 4.79 Å². The number of ether oxygens (including phenoxy) is 2. The van der Waals surface area contributed by atoms with Gasteiger partial charge in [0.1, 0.15) is 17.1 Å². The number of aromatic hydroxyl groups is 1. The van der Waals surface area contributed by atoms with Gasteiger partial charge in [0, 0.05) is 17.1 Å². The third-order valence-electron chi connectivity index (χ3n) is 6.18. The minimum atomic E-state index is -0.606. The van der Waals surface area contributed by atoms with Gasteiger partial charge in [0.15, 0.2) is 5.78 Å². The zero-order chi connectivity index (χ0) is 24.6. The van der Waals surface area contributed by atoms with E-state index >= 15 is 0 Å². The van der Waals surface area contributed by atoms with Gasteiger partial charge in [-0.1, -0.05) is 25.5 Å². The maximum absolute atomic E-state index is 13.0. The molecule has 1 aromatic rings. The molecule has 0 fully saturated rings. The average molecular weight is 441 g/mol. The number of hydrogen-bond donors (Lipinski definition) is 1. The number of carbonyl (C=O) groups excluding carboxylic acids is 2. The second kappa shape index (κ2) is 8.97. The molecule has 1 aliphatic rings. The second-order valence-corrected chi connectivity index (χ2v) is 10.1. The third-order valence-corrected chi connectivity index (χ3v) is 6.18. The Hall–Kier alpha value is -2.82. The molecule has 2 rings (SSSR count). The zero-order valence-corrected chi connectivity index (χ0v) is 21.0. The molecule has 1 N–H and O–H groups in total. The first-order chi connectivity index (χ1) is 14.6. The molecule has 1 atom stereocenters. The van der Waals surface area contributed by atoms with E-state index in [0.29, 0.717) is 28.0 Å². The molecule has 0 bridgehead atoms. The van der Waals surface area contributed by atoms with E-state index in [4.69, 9.17) is 9.47 Å². The van der Waals surface area contributed by atoms with Crippen LogP contribution in [-0.4, -0.2) is 29.6 Å². The summed E-state index contributed by atoms with van der Waals surface area (Å²) >= 11 is 0. The standard InChI is InChI=1S/C27H36O5/c1-15-13-19(14-16(2)23(15)29)21(28)12-11-20-24(31-10)17(3)22(18(4)27(20,8)9)25(30)32-26(5,6)7/h11-14,20,29H,1-10H3. The number of esters is 1. The van der Waals surface area contributed by atoms with Gasteiger partial charge in [-0.2, -0.15) is 0 Å². The summed E-state index contributed by atoms with van der Waals surface area (Å²) < 4.78 is 11.4. The van der Waals surface area contributed by atoms with Crippen molar-refractivity contribution in [3.05, 3.63) is 63.5 Å². The molecule has 0 aliphatic heterocycles. The van der Waals surface area contributed by atoms with Crippen molar-refractivity contribution in [3.8, 4) is 5.75 Å². The van der Waals surface area contributed by atoms with Crippen molar-refractivity contribution in [2.24, 2.45) is 11.3 Å². The van der Waals surface area contributed by atoms with Crippen LogP contribution < -0.4 is 0 Å². The largest absolute Gasteiger partial charge is 0.507 e. The Balaban J connectivity index is 2.47. The molecule has 0 aromatic heterocycles. The molecular weight excluding hydrogens is 404 g/mol. The first-order valence-electron chi connectivity index (χ1n) is 10.8. The van der Waals surface area contributed by atoms with Crippen LogP contribution in [0.4, 0.5) is 0 Å². The van der Waals surface area contributed by atoms with Crippen LogP contribution in [0.15, 0.2) is 46.8 Å². The van der Waals surface area contributed by atoms with Gasteiger partial charge in [0.25, 0.3) is 0 Å². The Morgan fingerprint density at radius 2 is 1.59 bits per heavy atom. The van der Waals surface area contributed by atoms with Gasteiger partial charge < -0.3 is 14.6 Å². The quantitative estimate of drug-likeness (QED) is 0.346. The van der Waals surface area contributed by atoms with Crippen molar-refractivity contribution < 1.29 is 24.2 Å². The predicted molar refractivity (Wildman–Crippen MR) is 127 cm³/mol. The van der Waals surface area contributed by atoms with E-state index in [0.717, 1.165) is 11.1 Å². The number of methoxy groups -OCH3 is 1. The van der Waals surface area contributed by atoms with Crippen LogP contribution in [0.25, 0.3) is 0 Å². The summed E-state index contributed by atoms with van der Waals surface area (Å²) in [6.07, 6.45) is 3.40. The number of allylic oxidation sites excluding steroid dienone is 3. The summed E-state index contributed by atoms with van der Waals surface area (Å²) in [6.45, 7) is 16.9. The lowest BCUT2D eigenvalue weighted by Crippen LogP contribution is -2.35. The zero-order valence-electron chi connectivity index (χ0n) is 21.0. The van der Waals surface area contributed by atoms with E-state index in [-0.39, 0.29) is 23.4 Å². The molecule has 0 radical (unpaired) electrons. The van der Waals surface area contributed by atoms with Crippen LogP contribution in [0.1, 0.15) is 70.0 Å². The fraction of sp³-hybridized carbons (Fsp3) is 0.481. The van der Waals surface area contributed by atoms with Crippen molar-refractivity contribution in [3.63, 3.8) is 0 Å². The first kappa shape index (κ1) is 25.4. The van der Waals surface area contributed by atoms with Gasteiger partial charge in [-0.05, 0) is 83.2 Å². The molecule has 5 heteroatoms. The van der Waals surface area contributed by atoms with Crippen molar-refractivity contribution in [1.82, 2.24) is 0 Å². The molecule has 0 heterocycles. The van der Waals surface area contributed by atoms with E-state index in [1.54, 1.807) is 39.2 Å². The highest BCUT2D eigenvalue weighted by Crippen LogP contribution is 2.48. The van der Waals surface area contributed by atoms with Gasteiger partial charge in [-0.3, -0.25) is 4.79 Å². The van der Waals surface area contributed by atoms with Crippen LogP contribution in [0.3, 0.4) is 0 Å². The molecule has 0 saturated heterocycles. The number of rotatable bonds is 5. The van der Waals surface area contributed by atoms with E-state index in [1.165, 1.54) is 0 Å². The number of ketones is 1. The Bertz CT molecular complexity index is 1010. The normalized spacial score (nSPS) is 18.9. The predicted octanol–water partition coefficient (Wildman–Crippen LogP) is 5.98. The molecule has 32 heavy (non-hydrogen) atoms. The van der Waals surface area contributed by atoms with E-state index < -0.39 is 11.0 Å². The Morgan fingerprint density at radius 1 is 1.06 bits per heavy atom. The Morgan fingerprint density at radius 3 is 2.06 bits per heavy atom. The molecular formula is C27H36O5. The molecule has 0 spiro atoms. The summed E-state index contributed by atoms with van der Waals surface area (Å²) in [6, 6.07) is 3.37. The molecule has 174 valence electrons. The van der Waals surface area contributed by atoms with Crippen molar-refractivity contribution in [1.29, 1.82) is 0 Å². The van der Waals surface area contributed by atoms with Gasteiger partial charge in [-0.15, -0.1) is 0 Å². The highest BCUT2D eigenvalue weighted by atomic mass is 16.6. The highest BCUT2D eigenvalue weighted by molar-refractivity contribution is 6.05. The third kappa shape index (κ3) is 4.98. The maximum Gasteiger partial charge on any atom is 0.339 e. The molecule has 1 unspecified atom stereocenters. The summed E-state index contributed by atoms with van der Waals surface area (Å²) in [4.78, 5) is 25.9. The molecule has 0 saturated carbocycles. The topological polar surface area (TPSA) is 72.8 Å². The molecule has 0 amide bonds. The molecule has 1 aromatic carbocycles. The smallest absolute Gasteiger partial charge is 0.339 e. The van der Waals surface area contributed by atoms with Gasteiger partial charge in [0.05, 0.1) is 12.7 Å². The lowest BCUT2D eigenvalue weighted by atomic mass is 9.66. The van der Waals surface area contributed by atoms with Gasteiger partial charge in [0.2, 0.25) is 0 Å². The van der Waals surface area contributed by atoms with Crippen molar-refractivity contribution in [2.45, 2.75) is 67.9 Å². The number of carbonyl (C=O) groups is 2. The number of phenols is 1. The van der Waals surface area contributed by atoms with Crippen LogP contribution in [0, 0.1) is 25.2 Å². The number of benzene rings is 1. The molecule has 5 nitrogen and oxygen atoms in total. The SMILES string of the molecule is COC1=C(C)C(C(=O)OC(C)(C)C)=C(C)C(C)(C)C1C=CC(=O)c1cc(C)c(O)c(C)c1. The highest BCUT2D eigenvalue weighted by Gasteiger charge is 2.42. The minimum absolute atomic E-state index is 0.153. The van der Waals surface area contributed by atoms with E-state index in [1.807, 2.05) is 54.5 Å². The van der Waals surface area contributed by atoms with E-state index in [9.17, 15) is 14.7 Å². The first-order valence-corrected chi connectivity index (χ1v) is 10.8. The minimum Gasteiger partial charge on any atom is -0.507 e. The Kier molecular flexibility index (Phi) is 7.13. The van der Waals surface area contributed by atoms with Gasteiger partial charge >= 0.3 is 5.97 Å². The van der Waals surface area contributed by atoms with Crippen LogP contribution in [0.2, 0.25) is 0 Å². The van der Waals surface area contributed by atoms with Crippen LogP contribution in [0.5, 0.6) is 5.75 Å². The fourth-order valence-electron chi connectivity index (χ4n) is 4.14. The monoisotopic (exact) mass is 440 g/mol. The second-order valence-electron chi connectivity index (χ2n) is 10.1. The summed E-state index contributed by atoms with van der Waals surface area (Å²) in [7, 11) is 1.58. The fourth-order valence-corrected chi connectivity index (χ4v) is 4.14. The number of hydrogen-bond acceptors (Lipinski definition) is 5. The summed E-state index contributed by atoms with van der Waals surface area (Å²) in [5, 5.41) is 9.99. The van der Waals surface area contributed by atoms with Crippen LogP contribution >= 0.6 is 0 Å². The molecule has 1 aliphatic carbocycles. The Labute approximate surface area is 191 Å². The number of phenolic OH excluding ortho intramolecular Hbond substituents is 1. The maximum atomic E-state index is 13.0.